The highest BCUT2D eigenvalue weighted by Crippen LogP contribution is 2.31. The van der Waals surface area contributed by atoms with Gasteiger partial charge < -0.3 is 9.47 Å². The second-order valence-electron chi connectivity index (χ2n) is 8.14. The monoisotopic (exact) mass is 401 g/mol. The minimum Gasteiger partial charge on any atom is -0.497 e. The highest BCUT2D eigenvalue weighted by atomic mass is 16.5. The maximum Gasteiger partial charge on any atom is 0.119 e. The van der Waals surface area contributed by atoms with Gasteiger partial charge in [0.2, 0.25) is 0 Å². The van der Waals surface area contributed by atoms with Crippen LogP contribution in [0.3, 0.4) is 0 Å². The van der Waals surface area contributed by atoms with E-state index in [9.17, 15) is 0 Å². The van der Waals surface area contributed by atoms with Crippen LogP contribution in [0.2, 0.25) is 0 Å². The Labute approximate surface area is 180 Å². The quantitative estimate of drug-likeness (QED) is 0.485. The van der Waals surface area contributed by atoms with Crippen molar-refractivity contribution in [1.29, 1.82) is 0 Å². The summed E-state index contributed by atoms with van der Waals surface area (Å²) in [5, 5.41) is 0. The summed E-state index contributed by atoms with van der Waals surface area (Å²) in [6, 6.07) is 29.9. The van der Waals surface area contributed by atoms with Crippen LogP contribution in [-0.4, -0.2) is 37.7 Å². The third kappa shape index (κ3) is 4.92. The van der Waals surface area contributed by atoms with Gasteiger partial charge in [-0.1, -0.05) is 72.8 Å². The van der Waals surface area contributed by atoms with Crippen molar-refractivity contribution in [3.63, 3.8) is 0 Å². The molecule has 156 valence electrons. The number of rotatable bonds is 8. The van der Waals surface area contributed by atoms with Gasteiger partial charge in [0.05, 0.1) is 13.7 Å². The zero-order valence-electron chi connectivity index (χ0n) is 17.9. The zero-order chi connectivity index (χ0) is 20.8. The van der Waals surface area contributed by atoms with Crippen LogP contribution in [0.4, 0.5) is 0 Å². The molecule has 3 aromatic carbocycles. The van der Waals surface area contributed by atoms with Crippen LogP contribution in [0.1, 0.15) is 42.1 Å². The van der Waals surface area contributed by atoms with E-state index in [1.54, 1.807) is 7.11 Å². The van der Waals surface area contributed by atoms with Gasteiger partial charge in [-0.3, -0.25) is 4.90 Å². The molecular weight excluding hydrogens is 370 g/mol. The highest BCUT2D eigenvalue weighted by Gasteiger charge is 2.28. The summed E-state index contributed by atoms with van der Waals surface area (Å²) < 4.78 is 11.9. The Morgan fingerprint density at radius 3 is 2.20 bits per heavy atom. The number of nitrogens with zero attached hydrogens (tertiary/aromatic N) is 1. The van der Waals surface area contributed by atoms with Gasteiger partial charge in [-0.05, 0) is 54.6 Å². The lowest BCUT2D eigenvalue weighted by Gasteiger charge is -2.27. The van der Waals surface area contributed by atoms with E-state index in [-0.39, 0.29) is 6.10 Å². The van der Waals surface area contributed by atoms with Crippen LogP contribution >= 0.6 is 0 Å². The number of ether oxygens (including phenoxy) is 2. The molecule has 0 aromatic heterocycles. The fraction of sp³-hybridized carbons (Fsp3) is 0.333. The standard InChI is InChI=1S/C27H31NO2/c1-21(28-17-16-25(19-28)24-14-9-15-26(18-24)29-2)20-30-27(22-10-5-3-6-11-22)23-12-7-4-8-13-23/h3-15,18,21,25,27H,16-17,19-20H2,1-2H3. The minimum atomic E-state index is -0.0355. The summed E-state index contributed by atoms with van der Waals surface area (Å²) in [6.45, 7) is 5.16. The first-order valence-corrected chi connectivity index (χ1v) is 10.8. The summed E-state index contributed by atoms with van der Waals surface area (Å²) >= 11 is 0. The van der Waals surface area contributed by atoms with Crippen molar-refractivity contribution >= 4 is 0 Å². The normalized spacial score (nSPS) is 17.9. The third-order valence-corrected chi connectivity index (χ3v) is 6.12. The molecule has 1 fully saturated rings. The molecule has 0 N–H and O–H groups in total. The maximum absolute atomic E-state index is 6.50. The lowest BCUT2D eigenvalue weighted by atomic mass is 9.98. The van der Waals surface area contributed by atoms with E-state index >= 15 is 0 Å². The molecule has 1 heterocycles. The lowest BCUT2D eigenvalue weighted by Crippen LogP contribution is -2.35. The second-order valence-corrected chi connectivity index (χ2v) is 8.14. The van der Waals surface area contributed by atoms with E-state index in [2.05, 4.69) is 90.7 Å². The van der Waals surface area contributed by atoms with E-state index in [0.29, 0.717) is 18.6 Å². The molecule has 1 aliphatic rings. The average Bonchev–Trinajstić information content (AvgIpc) is 3.31. The molecular formula is C27H31NO2. The summed E-state index contributed by atoms with van der Waals surface area (Å²) in [5.41, 5.74) is 3.77. The Morgan fingerprint density at radius 1 is 0.900 bits per heavy atom. The lowest BCUT2D eigenvalue weighted by molar-refractivity contribution is 0.0370. The first kappa shape index (κ1) is 20.6. The van der Waals surface area contributed by atoms with Crippen molar-refractivity contribution in [2.24, 2.45) is 0 Å². The molecule has 0 spiro atoms. The van der Waals surface area contributed by atoms with Gasteiger partial charge >= 0.3 is 0 Å². The minimum absolute atomic E-state index is 0.0355. The SMILES string of the molecule is COc1cccc(C2CCN(C(C)COC(c3ccccc3)c3ccccc3)C2)c1. The van der Waals surface area contributed by atoms with Crippen molar-refractivity contribution in [3.8, 4) is 5.75 Å². The fourth-order valence-electron chi connectivity index (χ4n) is 4.34. The van der Waals surface area contributed by atoms with Crippen LogP contribution < -0.4 is 4.74 Å². The van der Waals surface area contributed by atoms with Crippen LogP contribution in [0.25, 0.3) is 0 Å². The first-order valence-electron chi connectivity index (χ1n) is 10.8. The van der Waals surface area contributed by atoms with Crippen LogP contribution in [0.5, 0.6) is 5.75 Å². The molecule has 0 saturated carbocycles. The molecule has 1 saturated heterocycles. The van der Waals surface area contributed by atoms with Crippen molar-refractivity contribution in [2.45, 2.75) is 31.4 Å². The molecule has 2 unspecified atom stereocenters. The Hall–Kier alpha value is -2.62. The maximum atomic E-state index is 6.50. The molecule has 2 atom stereocenters. The van der Waals surface area contributed by atoms with E-state index < -0.39 is 0 Å². The molecule has 3 nitrogen and oxygen atoms in total. The number of benzene rings is 3. The molecule has 0 amide bonds. The van der Waals surface area contributed by atoms with Crippen LogP contribution in [0.15, 0.2) is 84.9 Å². The van der Waals surface area contributed by atoms with Crippen LogP contribution in [0, 0.1) is 0 Å². The molecule has 0 bridgehead atoms. The van der Waals surface area contributed by atoms with E-state index in [0.717, 1.165) is 18.8 Å². The molecule has 3 aromatic rings. The Kier molecular flexibility index (Phi) is 6.83. The van der Waals surface area contributed by atoms with Crippen molar-refractivity contribution in [1.82, 2.24) is 4.90 Å². The predicted molar refractivity (Wildman–Crippen MR) is 122 cm³/mol. The Bertz CT molecular complexity index is 873. The predicted octanol–water partition coefficient (Wildman–Crippen LogP) is 5.68. The van der Waals surface area contributed by atoms with E-state index in [4.69, 9.17) is 9.47 Å². The fourth-order valence-corrected chi connectivity index (χ4v) is 4.34. The summed E-state index contributed by atoms with van der Waals surface area (Å²) in [4.78, 5) is 2.55. The smallest absolute Gasteiger partial charge is 0.119 e. The van der Waals surface area contributed by atoms with Gasteiger partial charge in [0.1, 0.15) is 11.9 Å². The third-order valence-electron chi connectivity index (χ3n) is 6.12. The number of likely N-dealkylation sites (tertiary alicyclic amines) is 1. The Morgan fingerprint density at radius 2 is 1.57 bits per heavy atom. The molecule has 4 rings (SSSR count). The second kappa shape index (κ2) is 9.92. The van der Waals surface area contributed by atoms with Crippen molar-refractivity contribution in [2.75, 3.05) is 26.8 Å². The molecule has 1 aliphatic heterocycles. The van der Waals surface area contributed by atoms with Gasteiger partial charge in [0.15, 0.2) is 0 Å². The average molecular weight is 402 g/mol. The largest absolute Gasteiger partial charge is 0.497 e. The van der Waals surface area contributed by atoms with Crippen LogP contribution in [-0.2, 0) is 4.74 Å². The van der Waals surface area contributed by atoms with Gasteiger partial charge in [-0.25, -0.2) is 0 Å². The molecule has 30 heavy (non-hydrogen) atoms. The van der Waals surface area contributed by atoms with Gasteiger partial charge in [-0.15, -0.1) is 0 Å². The number of methoxy groups -OCH3 is 1. The van der Waals surface area contributed by atoms with Gasteiger partial charge in [0.25, 0.3) is 0 Å². The van der Waals surface area contributed by atoms with Crippen molar-refractivity contribution < 1.29 is 9.47 Å². The first-order chi connectivity index (χ1) is 14.7. The van der Waals surface area contributed by atoms with Gasteiger partial charge in [-0.2, -0.15) is 0 Å². The van der Waals surface area contributed by atoms with E-state index in [1.165, 1.54) is 23.1 Å². The summed E-state index contributed by atoms with van der Waals surface area (Å²) in [5.74, 6) is 1.50. The highest BCUT2D eigenvalue weighted by molar-refractivity contribution is 5.32. The number of hydrogen-bond donors (Lipinski definition) is 0. The number of hydrogen-bond acceptors (Lipinski definition) is 3. The molecule has 0 aliphatic carbocycles. The topological polar surface area (TPSA) is 21.7 Å². The van der Waals surface area contributed by atoms with Crippen molar-refractivity contribution in [3.05, 3.63) is 102 Å². The van der Waals surface area contributed by atoms with E-state index in [1.807, 2.05) is 6.07 Å². The molecule has 0 radical (unpaired) electrons. The van der Waals surface area contributed by atoms with Gasteiger partial charge in [0, 0.05) is 12.6 Å². The summed E-state index contributed by atoms with van der Waals surface area (Å²) in [7, 11) is 1.73. The molecule has 3 heteroatoms. The Balaban J connectivity index is 1.40. The summed E-state index contributed by atoms with van der Waals surface area (Å²) in [6.07, 6.45) is 1.14. The zero-order valence-corrected chi connectivity index (χ0v) is 17.9.